The molecule has 1 rings (SSSR count). The molecule has 0 aromatic rings. The molecular weight excluding hydrogens is 172 g/mol. The fourth-order valence-corrected chi connectivity index (χ4v) is 1.46. The molecule has 1 saturated heterocycles. The average Bonchev–Trinajstić information content (AvgIpc) is 2.64. The van der Waals surface area contributed by atoms with Gasteiger partial charge < -0.3 is 14.5 Å². The van der Waals surface area contributed by atoms with Crippen molar-refractivity contribution in [3.05, 3.63) is 0 Å². The summed E-state index contributed by atoms with van der Waals surface area (Å²) in [5.41, 5.74) is 0. The Labute approximate surface area is 77.2 Å². The topological polar surface area (TPSA) is 49.9 Å². The fourth-order valence-electron chi connectivity index (χ4n) is 1.46. The van der Waals surface area contributed by atoms with Gasteiger partial charge >= 0.3 is 6.09 Å². The van der Waals surface area contributed by atoms with Crippen molar-refractivity contribution in [2.45, 2.75) is 12.5 Å². The highest BCUT2D eigenvalue weighted by Crippen LogP contribution is 2.13. The van der Waals surface area contributed by atoms with Crippen molar-refractivity contribution < 1.29 is 14.3 Å². The molecule has 2 amide bonds. The van der Waals surface area contributed by atoms with Gasteiger partial charge in [-0.05, 0) is 6.42 Å². The molecule has 1 aliphatic heterocycles. The standard InChI is InChI=1S/C8H14N2O3/c1-9(6-11)7-3-4-10(5-7)8(12)13-2/h6-7H,3-5H2,1-2H3. The first-order valence-corrected chi connectivity index (χ1v) is 4.19. The Balaban J connectivity index is 2.44. The normalized spacial score (nSPS) is 21.4. The Kier molecular flexibility index (Phi) is 3.11. The van der Waals surface area contributed by atoms with Gasteiger partial charge in [-0.3, -0.25) is 4.79 Å². The zero-order valence-electron chi connectivity index (χ0n) is 7.90. The maximum absolute atomic E-state index is 11.1. The van der Waals surface area contributed by atoms with E-state index in [2.05, 4.69) is 4.74 Å². The van der Waals surface area contributed by atoms with E-state index in [0.717, 1.165) is 12.8 Å². The minimum absolute atomic E-state index is 0.136. The number of methoxy groups -OCH3 is 1. The molecule has 0 aromatic carbocycles. The van der Waals surface area contributed by atoms with Crippen LogP contribution in [0.25, 0.3) is 0 Å². The lowest BCUT2D eigenvalue weighted by Gasteiger charge is -2.19. The number of hydrogen-bond donors (Lipinski definition) is 0. The van der Waals surface area contributed by atoms with Crippen LogP contribution in [0.1, 0.15) is 6.42 Å². The van der Waals surface area contributed by atoms with E-state index in [-0.39, 0.29) is 12.1 Å². The maximum atomic E-state index is 11.1. The van der Waals surface area contributed by atoms with Gasteiger partial charge in [0, 0.05) is 20.1 Å². The second-order valence-corrected chi connectivity index (χ2v) is 3.13. The summed E-state index contributed by atoms with van der Waals surface area (Å²) in [6.07, 6.45) is 1.29. The van der Waals surface area contributed by atoms with Gasteiger partial charge in [-0.1, -0.05) is 0 Å². The van der Waals surface area contributed by atoms with Gasteiger partial charge in [0.15, 0.2) is 0 Å². The Bertz CT molecular complexity index is 208. The lowest BCUT2D eigenvalue weighted by molar-refractivity contribution is -0.118. The van der Waals surface area contributed by atoms with E-state index < -0.39 is 0 Å². The summed E-state index contributed by atoms with van der Waals surface area (Å²) in [6.45, 7) is 1.23. The van der Waals surface area contributed by atoms with E-state index >= 15 is 0 Å². The molecule has 0 radical (unpaired) electrons. The first-order chi connectivity index (χ1) is 6.19. The monoisotopic (exact) mass is 186 g/mol. The second kappa shape index (κ2) is 4.11. The van der Waals surface area contributed by atoms with Crippen LogP contribution in [-0.2, 0) is 9.53 Å². The molecule has 1 unspecified atom stereocenters. The van der Waals surface area contributed by atoms with Gasteiger partial charge in [0.25, 0.3) is 0 Å². The summed E-state index contributed by atoms with van der Waals surface area (Å²) < 4.78 is 4.58. The molecule has 1 fully saturated rings. The molecule has 0 spiro atoms. The highest BCUT2D eigenvalue weighted by atomic mass is 16.5. The number of ether oxygens (including phenoxy) is 1. The van der Waals surface area contributed by atoms with Crippen molar-refractivity contribution in [2.24, 2.45) is 0 Å². The molecule has 1 heterocycles. The summed E-state index contributed by atoms with van der Waals surface area (Å²) in [7, 11) is 3.08. The largest absolute Gasteiger partial charge is 0.453 e. The van der Waals surface area contributed by atoms with Gasteiger partial charge in [-0.2, -0.15) is 0 Å². The number of nitrogens with zero attached hydrogens (tertiary/aromatic N) is 2. The summed E-state index contributed by atoms with van der Waals surface area (Å²) in [5.74, 6) is 0. The first-order valence-electron chi connectivity index (χ1n) is 4.19. The van der Waals surface area contributed by atoms with Crippen LogP contribution < -0.4 is 0 Å². The van der Waals surface area contributed by atoms with Crippen molar-refractivity contribution in [1.82, 2.24) is 9.80 Å². The highest BCUT2D eigenvalue weighted by Gasteiger charge is 2.28. The van der Waals surface area contributed by atoms with Crippen LogP contribution in [-0.4, -0.2) is 55.6 Å². The molecule has 1 atom stereocenters. The predicted molar refractivity (Wildman–Crippen MR) is 46.2 cm³/mol. The van der Waals surface area contributed by atoms with Crippen molar-refractivity contribution in [2.75, 3.05) is 27.2 Å². The van der Waals surface area contributed by atoms with E-state index in [1.807, 2.05) is 0 Å². The lowest BCUT2D eigenvalue weighted by atomic mass is 10.2. The third-order valence-electron chi connectivity index (χ3n) is 2.34. The number of likely N-dealkylation sites (tertiary alicyclic amines) is 1. The summed E-state index contributed by atoms with van der Waals surface area (Å²) in [4.78, 5) is 24.7. The van der Waals surface area contributed by atoms with Crippen molar-refractivity contribution in [3.8, 4) is 0 Å². The lowest BCUT2D eigenvalue weighted by Crippen LogP contribution is -2.35. The minimum atomic E-state index is -0.318. The molecule has 0 saturated carbocycles. The van der Waals surface area contributed by atoms with Crippen LogP contribution in [0.3, 0.4) is 0 Å². The Morgan fingerprint density at radius 3 is 2.92 bits per heavy atom. The molecule has 1 aliphatic rings. The van der Waals surface area contributed by atoms with E-state index in [4.69, 9.17) is 0 Å². The molecule has 0 aromatic heterocycles. The molecule has 13 heavy (non-hydrogen) atoms. The zero-order chi connectivity index (χ0) is 9.84. The number of carbonyl (C=O) groups excluding carboxylic acids is 2. The van der Waals surface area contributed by atoms with Crippen molar-refractivity contribution in [1.29, 1.82) is 0 Å². The Hall–Kier alpha value is -1.26. The summed E-state index contributed by atoms with van der Waals surface area (Å²) in [5, 5.41) is 0. The van der Waals surface area contributed by atoms with Crippen LogP contribution in [0.4, 0.5) is 4.79 Å². The SMILES string of the molecule is COC(=O)N1CCC(N(C)C=O)C1. The third kappa shape index (κ3) is 2.11. The number of carbonyl (C=O) groups is 2. The average molecular weight is 186 g/mol. The smallest absolute Gasteiger partial charge is 0.409 e. The van der Waals surface area contributed by atoms with Crippen LogP contribution in [0, 0.1) is 0 Å². The highest BCUT2D eigenvalue weighted by molar-refractivity contribution is 5.68. The molecule has 74 valence electrons. The zero-order valence-corrected chi connectivity index (χ0v) is 7.90. The Morgan fingerprint density at radius 2 is 2.38 bits per heavy atom. The van der Waals surface area contributed by atoms with Gasteiger partial charge in [0.2, 0.25) is 6.41 Å². The van der Waals surface area contributed by atoms with Crippen molar-refractivity contribution >= 4 is 12.5 Å². The molecule has 5 heteroatoms. The number of likely N-dealkylation sites (N-methyl/N-ethyl adjacent to an activating group) is 1. The number of hydrogen-bond acceptors (Lipinski definition) is 3. The number of rotatable bonds is 2. The van der Waals surface area contributed by atoms with Gasteiger partial charge in [-0.15, -0.1) is 0 Å². The summed E-state index contributed by atoms with van der Waals surface area (Å²) >= 11 is 0. The van der Waals surface area contributed by atoms with E-state index in [1.54, 1.807) is 16.8 Å². The van der Waals surface area contributed by atoms with E-state index in [9.17, 15) is 9.59 Å². The minimum Gasteiger partial charge on any atom is -0.453 e. The van der Waals surface area contributed by atoms with Crippen LogP contribution in [0.2, 0.25) is 0 Å². The van der Waals surface area contributed by atoms with Crippen LogP contribution in [0.5, 0.6) is 0 Å². The van der Waals surface area contributed by atoms with E-state index in [1.165, 1.54) is 7.11 Å². The Morgan fingerprint density at radius 1 is 1.69 bits per heavy atom. The summed E-state index contributed by atoms with van der Waals surface area (Å²) in [6, 6.07) is 0.136. The molecular formula is C8H14N2O3. The fraction of sp³-hybridized carbons (Fsp3) is 0.750. The first kappa shape index (κ1) is 9.83. The molecule has 0 aliphatic carbocycles. The molecule has 5 nitrogen and oxygen atoms in total. The van der Waals surface area contributed by atoms with Crippen molar-refractivity contribution in [3.63, 3.8) is 0 Å². The molecule has 0 bridgehead atoms. The predicted octanol–water partition coefficient (Wildman–Crippen LogP) is -0.0847. The van der Waals surface area contributed by atoms with E-state index in [0.29, 0.717) is 13.1 Å². The van der Waals surface area contributed by atoms with Gasteiger partial charge in [0.1, 0.15) is 0 Å². The quantitative estimate of drug-likeness (QED) is 0.566. The van der Waals surface area contributed by atoms with Gasteiger partial charge in [-0.25, -0.2) is 4.79 Å². The van der Waals surface area contributed by atoms with Crippen LogP contribution in [0.15, 0.2) is 0 Å². The number of amides is 2. The second-order valence-electron chi connectivity index (χ2n) is 3.13. The van der Waals surface area contributed by atoms with Gasteiger partial charge in [0.05, 0.1) is 13.2 Å². The third-order valence-corrected chi connectivity index (χ3v) is 2.34. The maximum Gasteiger partial charge on any atom is 0.409 e. The molecule has 0 N–H and O–H groups in total. The van der Waals surface area contributed by atoms with Crippen LogP contribution >= 0.6 is 0 Å².